The van der Waals surface area contributed by atoms with Crippen molar-refractivity contribution < 1.29 is 23.9 Å². The molecule has 726 valence electrons. The minimum Gasteiger partial charge on any atom is -0.460 e. The molecule has 11 heterocycles. The highest BCUT2D eigenvalue weighted by Gasteiger charge is 2.34. The summed E-state index contributed by atoms with van der Waals surface area (Å²) in [4.78, 5) is 97.4. The fourth-order valence-electron chi connectivity index (χ4n) is 21.4. The van der Waals surface area contributed by atoms with Crippen molar-refractivity contribution in [2.45, 2.75) is 70.6 Å². The van der Waals surface area contributed by atoms with Crippen molar-refractivity contribution in [3.8, 4) is 90.6 Å². The molecule has 1 fully saturated rings. The molecule has 2 amide bonds. The van der Waals surface area contributed by atoms with Crippen molar-refractivity contribution in [2.24, 2.45) is 0 Å². The predicted molar refractivity (Wildman–Crippen MR) is 606 cm³/mol. The molecule has 0 saturated carbocycles. The van der Waals surface area contributed by atoms with E-state index >= 15 is 0 Å². The number of ether oxygens (including phenoxy) is 2. The average Bonchev–Trinajstić information content (AvgIpc) is 1.59. The molecule has 26 aromatic rings. The number of imidazole rings is 4. The zero-order valence-corrected chi connectivity index (χ0v) is 84.4. The highest BCUT2D eigenvalue weighted by atomic mass is 79.9. The Hall–Kier alpha value is -17.8. The van der Waals surface area contributed by atoms with E-state index < -0.39 is 36.0 Å². The van der Waals surface area contributed by atoms with Crippen molar-refractivity contribution in [1.82, 2.24) is 85.2 Å². The topological polar surface area (TPSA) is 314 Å². The van der Waals surface area contributed by atoms with Gasteiger partial charge in [0.25, 0.3) is 0 Å². The van der Waals surface area contributed by atoms with Crippen LogP contribution in [0.1, 0.15) is 69.1 Å². The number of nitrogens with one attached hydrogen (secondary N) is 10. The number of carbonyl (C=O) groups excluding carboxylic acids is 3. The monoisotopic (exact) mass is 2070 g/mol. The lowest BCUT2D eigenvalue weighted by Crippen LogP contribution is -2.46. The van der Waals surface area contributed by atoms with Gasteiger partial charge in [0.1, 0.15) is 41.4 Å². The van der Waals surface area contributed by atoms with Gasteiger partial charge in [-0.15, -0.1) is 0 Å². The van der Waals surface area contributed by atoms with Crippen LogP contribution in [0.4, 0.5) is 10.5 Å². The number of aromatic amines is 8. The smallest absolute Gasteiger partial charge is 0.407 e. The lowest BCUT2D eigenvalue weighted by molar-refractivity contribution is -0.156. The summed E-state index contributed by atoms with van der Waals surface area (Å²) in [6, 6.07) is 112. The number of para-hydroxylation sites is 2. The normalized spacial score (nSPS) is 12.9. The van der Waals surface area contributed by atoms with Crippen LogP contribution in [0.3, 0.4) is 0 Å². The molecule has 1 atom stereocenters. The number of benzene rings is 16. The van der Waals surface area contributed by atoms with E-state index in [1.54, 1.807) is 26.8 Å². The molecule has 0 spiro atoms. The van der Waals surface area contributed by atoms with Crippen LogP contribution in [0, 0.1) is 0 Å². The van der Waals surface area contributed by atoms with Gasteiger partial charge < -0.3 is 55.0 Å². The summed E-state index contributed by atoms with van der Waals surface area (Å²) in [5.41, 5.74) is 27.2. The summed E-state index contributed by atoms with van der Waals surface area (Å²) >= 11 is 7.21. The van der Waals surface area contributed by atoms with Gasteiger partial charge in [0.05, 0.1) is 78.7 Å². The van der Waals surface area contributed by atoms with Crippen LogP contribution < -0.4 is 10.6 Å². The van der Waals surface area contributed by atoms with E-state index in [4.69, 9.17) is 29.4 Å². The molecule has 2 aliphatic rings. The number of anilines is 1. The van der Waals surface area contributed by atoms with Gasteiger partial charge in [-0.05, 0) is 187 Å². The Labute approximate surface area is 870 Å². The fourth-order valence-corrected chi connectivity index (χ4v) is 22.2. The molecule has 0 radical (unpaired) electrons. The number of alkyl carbamates (subject to hydrolysis) is 1. The van der Waals surface area contributed by atoms with Gasteiger partial charge in [0.2, 0.25) is 5.91 Å². The number of carbonyl (C=O) groups is 3. The maximum absolute atomic E-state index is 14.0. The van der Waals surface area contributed by atoms with Crippen LogP contribution >= 0.6 is 31.9 Å². The van der Waals surface area contributed by atoms with E-state index in [0.29, 0.717) is 11.5 Å². The molecule has 28 rings (SSSR count). The Kier molecular flexibility index (Phi) is 24.2. The van der Waals surface area contributed by atoms with Crippen LogP contribution in [0.25, 0.3) is 232 Å². The van der Waals surface area contributed by atoms with E-state index in [-0.39, 0.29) is 12.5 Å². The third-order valence-corrected chi connectivity index (χ3v) is 29.2. The molecule has 1 aliphatic carbocycles. The molecular weight excluding hydrogens is 1980 g/mol. The number of pyridine rings is 2. The molecular formula is C124H96Br2N18O5. The quantitative estimate of drug-likeness (QED) is 0.0318. The Morgan fingerprint density at radius 2 is 0.906 bits per heavy atom. The summed E-state index contributed by atoms with van der Waals surface area (Å²) in [7, 11) is 0. The van der Waals surface area contributed by atoms with Crippen LogP contribution in [0.15, 0.2) is 367 Å². The van der Waals surface area contributed by atoms with Gasteiger partial charge in [-0.1, -0.05) is 287 Å². The molecule has 10 N–H and O–H groups in total. The lowest BCUT2D eigenvalue weighted by atomic mass is 9.98. The Morgan fingerprint density at radius 3 is 1.56 bits per heavy atom. The molecule has 1 saturated heterocycles. The standard InChI is InChI=1S/C46H38BrN5O5.C29H27BrN4.C27H17N5.C22H14N4/c1-46(2,3)57-40(53)22-39(50-45(55)56-24-37-30-13-6-4-10-27(30)28-11-5-7-14-31(28)37)44(54)49-26-17-18-32-29-12-8-9-15-33(29)41-42(35(32)21-26)52-43(51-41)36-23-48-38-19-16-25(47)20-34(36)38;30-23-13-14-26-24(17-23)25(18-31-26)29-32-27(21-7-3-1-4-8-21)28(33-29)22-11-9-20(10-12-22)19-34-15-5-2-6-16-34;1-2-8-16(9-3-1)22-21(17-10-4-5-13-20(17)30-22)27-31-25-18-11-6-14-28-23(18)24-19(26(25)32-27)12-7-15-29-24;1-3-9-15-13(7-1)14-8-2-4-10-16(14)20-19(15)23-22(24-20)21-17-11-5-6-12-18(17)25-26-21/h4-21,23,37,39,48H,22,24H2,1-3H3,(H,49,54)(H,50,55)(H,51,52);1,3-4,7-14,17-18,31H,2,5-6,15-16,19H2,(H,32,33);1-15,30H,(H,31,32);1-12H,(H,23,24)(H,25,26)/t39-;;;/m0.../s1. The van der Waals surface area contributed by atoms with Gasteiger partial charge in [-0.25, -0.2) is 24.7 Å². The third kappa shape index (κ3) is 17.8. The first-order chi connectivity index (χ1) is 73.0. The number of nitrogens with zero attached hydrogens (tertiary/aromatic N) is 8. The number of amides is 2. The number of esters is 1. The zero-order chi connectivity index (χ0) is 100. The number of halogens is 2. The Morgan fingerprint density at radius 1 is 0.403 bits per heavy atom. The van der Waals surface area contributed by atoms with Crippen LogP contribution in [0.5, 0.6) is 0 Å². The highest BCUT2D eigenvalue weighted by Crippen LogP contribution is 2.48. The number of aromatic nitrogens is 15. The van der Waals surface area contributed by atoms with Crippen molar-refractivity contribution in [3.63, 3.8) is 0 Å². The number of hydrogen-bond donors (Lipinski definition) is 10. The van der Waals surface area contributed by atoms with Gasteiger partial charge in [0, 0.05) is 145 Å². The summed E-state index contributed by atoms with van der Waals surface area (Å²) in [6.07, 6.45) is 10.4. The van der Waals surface area contributed by atoms with Crippen LogP contribution in [0.2, 0.25) is 0 Å². The number of rotatable bonds is 16. The average molecular weight is 2080 g/mol. The van der Waals surface area contributed by atoms with Crippen LogP contribution in [-0.4, -0.2) is 129 Å². The Bertz CT molecular complexity index is 9510. The van der Waals surface area contributed by atoms with Crippen molar-refractivity contribution >= 4 is 197 Å². The molecule has 0 bridgehead atoms. The van der Waals surface area contributed by atoms with Crippen molar-refractivity contribution in [2.75, 3.05) is 25.0 Å². The number of likely N-dealkylation sites (tertiary alicyclic amines) is 1. The molecule has 23 nitrogen and oxygen atoms in total. The number of hydrogen-bond acceptors (Lipinski definition) is 13. The number of piperidine rings is 1. The first-order valence-corrected chi connectivity index (χ1v) is 51.5. The molecule has 1 aliphatic heterocycles. The molecule has 16 aromatic carbocycles. The van der Waals surface area contributed by atoms with E-state index in [0.717, 1.165) is 237 Å². The second kappa shape index (κ2) is 39.0. The second-order valence-corrected chi connectivity index (χ2v) is 40.7. The molecule has 10 aromatic heterocycles. The van der Waals surface area contributed by atoms with E-state index in [1.165, 1.54) is 54.1 Å². The van der Waals surface area contributed by atoms with Crippen LogP contribution in [-0.2, 0) is 25.6 Å². The summed E-state index contributed by atoms with van der Waals surface area (Å²) in [5, 5.41) is 28.2. The molecule has 25 heteroatoms. The van der Waals surface area contributed by atoms with E-state index in [9.17, 15) is 14.4 Å². The van der Waals surface area contributed by atoms with Gasteiger partial charge in [-0.3, -0.25) is 29.6 Å². The minimum atomic E-state index is -1.29. The highest BCUT2D eigenvalue weighted by molar-refractivity contribution is 9.10. The van der Waals surface area contributed by atoms with Gasteiger partial charge >= 0.3 is 12.1 Å². The maximum atomic E-state index is 14.0. The fraction of sp³-hybridized carbons (Fsp3) is 0.113. The maximum Gasteiger partial charge on any atom is 0.407 e. The number of H-pyrrole nitrogens is 8. The van der Waals surface area contributed by atoms with Gasteiger partial charge in [0.15, 0.2) is 5.82 Å². The molecule has 149 heavy (non-hydrogen) atoms. The minimum absolute atomic E-state index is 0.0523. The summed E-state index contributed by atoms with van der Waals surface area (Å²) in [6.45, 7) is 8.75. The van der Waals surface area contributed by atoms with E-state index in [2.05, 4.69) is 309 Å². The third-order valence-electron chi connectivity index (χ3n) is 28.3. The van der Waals surface area contributed by atoms with E-state index in [1.807, 2.05) is 146 Å². The number of fused-ring (bicyclic) bond motifs is 25. The summed E-state index contributed by atoms with van der Waals surface area (Å²) in [5.74, 6) is 1.78. The van der Waals surface area contributed by atoms with Gasteiger partial charge in [-0.2, -0.15) is 5.10 Å². The van der Waals surface area contributed by atoms with Crippen molar-refractivity contribution in [1.29, 1.82) is 0 Å². The largest absolute Gasteiger partial charge is 0.460 e. The second-order valence-electron chi connectivity index (χ2n) is 38.8. The molecule has 0 unspecified atom stereocenters. The zero-order valence-electron chi connectivity index (χ0n) is 81.3. The SMILES string of the molecule is Brc1ccc2[nH]cc(-c3nc(-c4ccccc4)c(-c4ccc(CN5CCCCC5)cc4)[nH]3)c2c1.CC(C)(C)OC(=O)C[C@H](NC(=O)OCC1c2ccccc2-c2ccccc21)C(=O)Nc1ccc2c3ccccc3c3[nH]c(-c4c[nH]c5ccc(Br)cc45)nc3c2c1.c1ccc(-c2[nH]c3ccccc3c2-c2nc3c4cccnc4c4ncccc4c3[nH]2)cc1.c1ccc2c(-c3nc4c5ccccc5c5ccccc5c4[nH]3)n[nH]c2c1. The first-order valence-electron chi connectivity index (χ1n) is 49.9. The predicted octanol–water partition coefficient (Wildman–Crippen LogP) is 29.9. The lowest BCUT2D eigenvalue weighted by Gasteiger charge is -2.26. The summed E-state index contributed by atoms with van der Waals surface area (Å²) < 4.78 is 13.3. The van der Waals surface area contributed by atoms with Crippen molar-refractivity contribution in [3.05, 3.63) is 384 Å². The Balaban J connectivity index is 0.000000108. The first kappa shape index (κ1) is 92.4.